The summed E-state index contributed by atoms with van der Waals surface area (Å²) in [6, 6.07) is 3.88. The van der Waals surface area contributed by atoms with E-state index in [-0.39, 0.29) is 6.54 Å². The van der Waals surface area contributed by atoms with Gasteiger partial charge in [-0.05, 0) is 12.1 Å². The van der Waals surface area contributed by atoms with E-state index in [9.17, 15) is 4.79 Å². The first-order valence-electron chi connectivity index (χ1n) is 8.34. The van der Waals surface area contributed by atoms with Gasteiger partial charge in [0.1, 0.15) is 12.3 Å². The second kappa shape index (κ2) is 6.17. The van der Waals surface area contributed by atoms with Gasteiger partial charge in [-0.3, -0.25) is 14.5 Å². The standard InChI is InChI=1S/C19H13N5O3S/c20-19-18-12(13(5-22-19)10-4-23-24(7-10)8-17(25)26)3-15(27-18)14-9-28-16-6-21-2-1-11(14)16/h1-7,9H,8H2,(H2,20,22)(H,25,26). The van der Waals surface area contributed by atoms with Crippen LogP contribution in [0, 0.1) is 0 Å². The lowest BCUT2D eigenvalue weighted by Gasteiger charge is -2.00. The molecule has 9 heteroatoms. The van der Waals surface area contributed by atoms with E-state index in [4.69, 9.17) is 15.3 Å². The number of carboxylic acid groups (broad SMARTS) is 1. The number of rotatable bonds is 4. The second-order valence-electron chi connectivity index (χ2n) is 6.25. The lowest BCUT2D eigenvalue weighted by molar-refractivity contribution is -0.137. The van der Waals surface area contributed by atoms with Crippen molar-refractivity contribution in [2.75, 3.05) is 5.73 Å². The molecule has 0 fully saturated rings. The second-order valence-corrected chi connectivity index (χ2v) is 7.16. The summed E-state index contributed by atoms with van der Waals surface area (Å²) in [4.78, 5) is 19.3. The maximum atomic E-state index is 10.9. The number of nitrogen functional groups attached to an aromatic ring is 1. The summed E-state index contributed by atoms with van der Waals surface area (Å²) in [5.74, 6) is 0.0232. The van der Waals surface area contributed by atoms with Crippen molar-refractivity contribution in [1.82, 2.24) is 19.7 Å². The predicted molar refractivity (Wildman–Crippen MR) is 106 cm³/mol. The van der Waals surface area contributed by atoms with Crippen LogP contribution in [0.4, 0.5) is 5.82 Å². The molecule has 0 aliphatic rings. The van der Waals surface area contributed by atoms with Crippen LogP contribution in [0.1, 0.15) is 0 Å². The summed E-state index contributed by atoms with van der Waals surface area (Å²) in [6.45, 7) is -0.211. The minimum atomic E-state index is -0.959. The Kier molecular flexibility index (Phi) is 3.63. The van der Waals surface area contributed by atoms with Crippen LogP contribution in [0.5, 0.6) is 0 Å². The number of carboxylic acids is 1. The monoisotopic (exact) mass is 391 g/mol. The van der Waals surface area contributed by atoms with Gasteiger partial charge < -0.3 is 15.3 Å². The largest absolute Gasteiger partial charge is 0.480 e. The highest BCUT2D eigenvalue weighted by atomic mass is 32.1. The number of nitrogens with two attached hydrogens (primary N) is 1. The summed E-state index contributed by atoms with van der Waals surface area (Å²) in [6.07, 6.45) is 8.49. The van der Waals surface area contributed by atoms with Gasteiger partial charge in [-0.15, -0.1) is 11.3 Å². The maximum Gasteiger partial charge on any atom is 0.325 e. The minimum Gasteiger partial charge on any atom is -0.480 e. The van der Waals surface area contributed by atoms with E-state index in [1.807, 2.05) is 23.7 Å². The van der Waals surface area contributed by atoms with Crippen LogP contribution in [0.2, 0.25) is 0 Å². The highest BCUT2D eigenvalue weighted by Gasteiger charge is 2.18. The molecule has 0 aliphatic carbocycles. The molecular formula is C19H13N5O3S. The van der Waals surface area contributed by atoms with Crippen LogP contribution in [0.25, 0.3) is 43.5 Å². The van der Waals surface area contributed by atoms with Crippen molar-refractivity contribution >= 4 is 44.2 Å². The Labute approximate surface area is 161 Å². The molecule has 3 N–H and O–H groups in total. The predicted octanol–water partition coefficient (Wildman–Crippen LogP) is 3.63. The molecule has 0 aliphatic heterocycles. The first-order chi connectivity index (χ1) is 13.6. The van der Waals surface area contributed by atoms with Gasteiger partial charge in [0.25, 0.3) is 0 Å². The van der Waals surface area contributed by atoms with Crippen LogP contribution in [-0.2, 0) is 11.3 Å². The first-order valence-corrected chi connectivity index (χ1v) is 9.22. The molecule has 0 unspecified atom stereocenters. The van der Waals surface area contributed by atoms with Crippen molar-refractivity contribution in [3.8, 4) is 22.5 Å². The van der Waals surface area contributed by atoms with Gasteiger partial charge in [0.05, 0.1) is 10.9 Å². The maximum absolute atomic E-state index is 10.9. The fourth-order valence-electron chi connectivity index (χ4n) is 3.21. The smallest absolute Gasteiger partial charge is 0.325 e. The van der Waals surface area contributed by atoms with E-state index in [2.05, 4.69) is 15.1 Å². The molecule has 0 radical (unpaired) electrons. The van der Waals surface area contributed by atoms with Gasteiger partial charge in [-0.2, -0.15) is 5.10 Å². The number of anilines is 1. The molecule has 28 heavy (non-hydrogen) atoms. The Morgan fingerprint density at radius 2 is 2.14 bits per heavy atom. The highest BCUT2D eigenvalue weighted by Crippen LogP contribution is 2.40. The first kappa shape index (κ1) is 16.5. The summed E-state index contributed by atoms with van der Waals surface area (Å²) < 4.78 is 8.49. The Morgan fingerprint density at radius 3 is 3.00 bits per heavy atom. The third-order valence-electron chi connectivity index (χ3n) is 4.47. The van der Waals surface area contributed by atoms with Gasteiger partial charge in [0, 0.05) is 57.6 Å². The molecule has 5 aromatic heterocycles. The Bertz CT molecular complexity index is 1350. The molecule has 0 saturated carbocycles. The number of thiophene rings is 1. The zero-order valence-electron chi connectivity index (χ0n) is 14.4. The average Bonchev–Trinajstić information content (AvgIpc) is 3.39. The number of carbonyl (C=O) groups is 1. The van der Waals surface area contributed by atoms with Crippen LogP contribution < -0.4 is 5.73 Å². The molecule has 0 spiro atoms. The molecule has 0 saturated heterocycles. The Balaban J connectivity index is 1.67. The quantitative estimate of drug-likeness (QED) is 0.480. The van der Waals surface area contributed by atoms with Crippen LogP contribution in [0.15, 0.2) is 52.9 Å². The summed E-state index contributed by atoms with van der Waals surface area (Å²) in [7, 11) is 0. The third kappa shape index (κ3) is 2.60. The summed E-state index contributed by atoms with van der Waals surface area (Å²) >= 11 is 1.59. The molecule has 5 rings (SSSR count). The van der Waals surface area contributed by atoms with Crippen LogP contribution >= 0.6 is 11.3 Å². The number of hydrogen-bond acceptors (Lipinski definition) is 7. The van der Waals surface area contributed by atoms with Crippen molar-refractivity contribution < 1.29 is 14.3 Å². The number of furan rings is 1. The van der Waals surface area contributed by atoms with Crippen molar-refractivity contribution in [3.63, 3.8) is 0 Å². The lowest BCUT2D eigenvalue weighted by atomic mass is 10.1. The lowest BCUT2D eigenvalue weighted by Crippen LogP contribution is -2.08. The molecule has 0 atom stereocenters. The normalized spacial score (nSPS) is 11.4. The van der Waals surface area contributed by atoms with Crippen molar-refractivity contribution in [2.24, 2.45) is 0 Å². The van der Waals surface area contributed by atoms with E-state index in [1.165, 1.54) is 4.68 Å². The fourth-order valence-corrected chi connectivity index (χ4v) is 4.12. The number of fused-ring (bicyclic) bond motifs is 2. The third-order valence-corrected chi connectivity index (χ3v) is 5.41. The summed E-state index contributed by atoms with van der Waals surface area (Å²) in [5, 5.41) is 16.9. The van der Waals surface area contributed by atoms with Crippen LogP contribution in [-0.4, -0.2) is 30.8 Å². The minimum absolute atomic E-state index is 0.211. The van der Waals surface area contributed by atoms with Gasteiger partial charge in [-0.25, -0.2) is 4.98 Å². The highest BCUT2D eigenvalue weighted by molar-refractivity contribution is 7.17. The van der Waals surface area contributed by atoms with Crippen molar-refractivity contribution in [1.29, 1.82) is 0 Å². The summed E-state index contributed by atoms with van der Waals surface area (Å²) in [5.41, 5.74) is 9.02. The molecule has 5 aromatic rings. The number of nitrogens with zero attached hydrogens (tertiary/aromatic N) is 4. The number of aromatic nitrogens is 4. The number of pyridine rings is 2. The van der Waals surface area contributed by atoms with Crippen molar-refractivity contribution in [2.45, 2.75) is 6.54 Å². The van der Waals surface area contributed by atoms with E-state index in [0.717, 1.165) is 32.2 Å². The molecule has 8 nitrogen and oxygen atoms in total. The zero-order chi connectivity index (χ0) is 19.3. The molecule has 0 amide bonds. The number of aliphatic carboxylic acids is 1. The zero-order valence-corrected chi connectivity index (χ0v) is 15.2. The van der Waals surface area contributed by atoms with E-state index >= 15 is 0 Å². The van der Waals surface area contributed by atoms with Gasteiger partial charge >= 0.3 is 5.97 Å². The number of hydrogen-bond donors (Lipinski definition) is 2. The van der Waals surface area contributed by atoms with Gasteiger partial charge in [-0.1, -0.05) is 0 Å². The van der Waals surface area contributed by atoms with Crippen LogP contribution in [0.3, 0.4) is 0 Å². The Morgan fingerprint density at radius 1 is 1.25 bits per heavy atom. The van der Waals surface area contributed by atoms with E-state index in [0.29, 0.717) is 17.2 Å². The SMILES string of the molecule is Nc1ncc(-c2cnn(CC(=O)O)c2)c2cc(-c3csc4cnccc34)oc12. The van der Waals surface area contributed by atoms with E-state index in [1.54, 1.807) is 36.1 Å². The van der Waals surface area contributed by atoms with Gasteiger partial charge in [0.15, 0.2) is 11.4 Å². The topological polar surface area (TPSA) is 120 Å². The average molecular weight is 391 g/mol. The molecule has 5 heterocycles. The molecule has 0 aromatic carbocycles. The Hall–Kier alpha value is -3.72. The fraction of sp³-hybridized carbons (Fsp3) is 0.0526. The molecular weight excluding hydrogens is 378 g/mol. The van der Waals surface area contributed by atoms with E-state index < -0.39 is 5.97 Å². The molecule has 138 valence electrons. The van der Waals surface area contributed by atoms with Gasteiger partial charge in [0.2, 0.25) is 0 Å². The van der Waals surface area contributed by atoms with Crippen molar-refractivity contribution in [3.05, 3.63) is 48.5 Å². The molecule has 0 bridgehead atoms.